The molecular weight excluding hydrogens is 262 g/mol. The minimum Gasteiger partial charge on any atom is -0.496 e. The Labute approximate surface area is 124 Å². The first-order valence-electron chi connectivity index (χ1n) is 6.96. The van der Waals surface area contributed by atoms with E-state index in [4.69, 9.17) is 4.74 Å². The third-order valence-electron chi connectivity index (χ3n) is 3.80. The third kappa shape index (κ3) is 2.33. The summed E-state index contributed by atoms with van der Waals surface area (Å²) in [6, 6.07) is 10.2. The molecule has 0 saturated heterocycles. The largest absolute Gasteiger partial charge is 0.496 e. The van der Waals surface area contributed by atoms with Crippen LogP contribution < -0.4 is 10.1 Å². The van der Waals surface area contributed by atoms with Crippen molar-refractivity contribution in [2.45, 2.75) is 20.8 Å². The molecule has 0 fully saturated rings. The molecule has 0 aliphatic heterocycles. The second-order valence-electron chi connectivity index (χ2n) is 5.27. The maximum absolute atomic E-state index is 5.34. The number of aryl methyl sites for hydroxylation is 3. The van der Waals surface area contributed by atoms with Crippen LogP contribution in [0.4, 0.5) is 11.6 Å². The Kier molecular flexibility index (Phi) is 3.29. The van der Waals surface area contributed by atoms with Gasteiger partial charge < -0.3 is 15.0 Å². The smallest absolute Gasteiger partial charge is 0.205 e. The number of para-hydroxylation sites is 1. The summed E-state index contributed by atoms with van der Waals surface area (Å²) in [5.74, 6) is 1.60. The highest BCUT2D eigenvalue weighted by Gasteiger charge is 2.10. The molecule has 0 unspecified atom stereocenters. The predicted molar refractivity (Wildman–Crippen MR) is 86.6 cm³/mol. The van der Waals surface area contributed by atoms with Crippen LogP contribution in [0.1, 0.15) is 16.7 Å². The van der Waals surface area contributed by atoms with E-state index in [1.807, 2.05) is 19.1 Å². The van der Waals surface area contributed by atoms with E-state index in [1.54, 1.807) is 7.11 Å². The molecule has 1 heterocycles. The highest BCUT2D eigenvalue weighted by Crippen LogP contribution is 2.28. The van der Waals surface area contributed by atoms with Gasteiger partial charge in [0.1, 0.15) is 5.75 Å². The summed E-state index contributed by atoms with van der Waals surface area (Å²) in [5.41, 5.74) is 6.47. The lowest BCUT2D eigenvalue weighted by Crippen LogP contribution is -1.97. The average Bonchev–Trinajstić information content (AvgIpc) is 2.87. The van der Waals surface area contributed by atoms with E-state index in [1.165, 1.54) is 11.1 Å². The van der Waals surface area contributed by atoms with Crippen LogP contribution >= 0.6 is 0 Å². The van der Waals surface area contributed by atoms with Crippen molar-refractivity contribution < 1.29 is 4.74 Å². The molecule has 3 aromatic rings. The molecule has 0 saturated carbocycles. The maximum Gasteiger partial charge on any atom is 0.205 e. The summed E-state index contributed by atoms with van der Waals surface area (Å²) in [5, 5.41) is 3.39. The van der Waals surface area contributed by atoms with Crippen molar-refractivity contribution in [3.63, 3.8) is 0 Å². The number of imidazole rings is 1. The number of fused-ring (bicyclic) bond motifs is 1. The van der Waals surface area contributed by atoms with Gasteiger partial charge >= 0.3 is 0 Å². The molecule has 1 aromatic heterocycles. The van der Waals surface area contributed by atoms with Gasteiger partial charge in [-0.1, -0.05) is 18.2 Å². The van der Waals surface area contributed by atoms with Gasteiger partial charge in [-0.3, -0.25) is 0 Å². The Bertz CT molecular complexity index is 785. The van der Waals surface area contributed by atoms with Gasteiger partial charge in [-0.05, 0) is 44.0 Å². The van der Waals surface area contributed by atoms with E-state index < -0.39 is 0 Å². The predicted octanol–water partition coefficient (Wildman–Crippen LogP) is 4.24. The normalized spacial score (nSPS) is 10.9. The number of nitrogens with one attached hydrogen (secondary N) is 2. The Morgan fingerprint density at radius 1 is 1.05 bits per heavy atom. The number of aromatic amines is 1. The van der Waals surface area contributed by atoms with Crippen LogP contribution in [-0.4, -0.2) is 17.1 Å². The number of rotatable bonds is 3. The number of methoxy groups -OCH3 is 1. The molecule has 0 spiro atoms. The van der Waals surface area contributed by atoms with Crippen molar-refractivity contribution >= 4 is 22.7 Å². The van der Waals surface area contributed by atoms with E-state index >= 15 is 0 Å². The van der Waals surface area contributed by atoms with Crippen LogP contribution in [0.15, 0.2) is 30.3 Å². The molecule has 2 aromatic carbocycles. The highest BCUT2D eigenvalue weighted by molar-refractivity contribution is 5.84. The Morgan fingerprint density at radius 2 is 1.76 bits per heavy atom. The molecule has 2 N–H and O–H groups in total. The number of ether oxygens (including phenoxy) is 1. The van der Waals surface area contributed by atoms with Gasteiger partial charge in [-0.25, -0.2) is 4.98 Å². The van der Waals surface area contributed by atoms with Crippen molar-refractivity contribution in [1.29, 1.82) is 0 Å². The summed E-state index contributed by atoms with van der Waals surface area (Å²) in [7, 11) is 1.68. The fraction of sp³-hybridized carbons (Fsp3) is 0.235. The maximum atomic E-state index is 5.34. The van der Waals surface area contributed by atoms with E-state index in [2.05, 4.69) is 47.3 Å². The van der Waals surface area contributed by atoms with Crippen molar-refractivity contribution in [2.24, 2.45) is 0 Å². The van der Waals surface area contributed by atoms with Gasteiger partial charge in [-0.15, -0.1) is 0 Å². The molecule has 3 rings (SSSR count). The van der Waals surface area contributed by atoms with Gasteiger partial charge in [0.05, 0.1) is 18.1 Å². The van der Waals surface area contributed by atoms with Crippen molar-refractivity contribution in [3.8, 4) is 5.75 Å². The fourth-order valence-corrected chi connectivity index (χ4v) is 2.60. The topological polar surface area (TPSA) is 49.9 Å². The van der Waals surface area contributed by atoms with Crippen LogP contribution in [-0.2, 0) is 0 Å². The summed E-state index contributed by atoms with van der Waals surface area (Å²) >= 11 is 0. The quantitative estimate of drug-likeness (QED) is 0.755. The molecule has 0 amide bonds. The monoisotopic (exact) mass is 281 g/mol. The number of aromatic nitrogens is 2. The van der Waals surface area contributed by atoms with Crippen LogP contribution in [0.5, 0.6) is 5.75 Å². The first-order chi connectivity index (χ1) is 10.1. The molecule has 108 valence electrons. The Morgan fingerprint density at radius 3 is 2.43 bits per heavy atom. The minimum atomic E-state index is 0.749. The number of anilines is 2. The zero-order valence-corrected chi connectivity index (χ0v) is 12.7. The standard InChI is InChI=1S/C17H19N3O/c1-10-6-5-7-11(2)15(10)19-17-18-13-8-9-14(21-4)12(3)16(13)20-17/h5-9H,1-4H3,(H2,18,19,20). The van der Waals surface area contributed by atoms with Gasteiger partial charge in [0, 0.05) is 11.3 Å². The van der Waals surface area contributed by atoms with Crippen LogP contribution in [0.2, 0.25) is 0 Å². The lowest BCUT2D eigenvalue weighted by molar-refractivity contribution is 0.412. The van der Waals surface area contributed by atoms with Gasteiger partial charge in [-0.2, -0.15) is 0 Å². The third-order valence-corrected chi connectivity index (χ3v) is 3.80. The fourth-order valence-electron chi connectivity index (χ4n) is 2.60. The molecule has 0 radical (unpaired) electrons. The Hall–Kier alpha value is -2.49. The first-order valence-corrected chi connectivity index (χ1v) is 6.96. The summed E-state index contributed by atoms with van der Waals surface area (Å²) in [4.78, 5) is 7.96. The molecular formula is C17H19N3O. The minimum absolute atomic E-state index is 0.749. The number of H-pyrrole nitrogens is 1. The van der Waals surface area contributed by atoms with Gasteiger partial charge in [0.15, 0.2) is 0 Å². The van der Waals surface area contributed by atoms with E-state index in [0.717, 1.165) is 34.0 Å². The lowest BCUT2D eigenvalue weighted by Gasteiger charge is -2.09. The van der Waals surface area contributed by atoms with E-state index in [-0.39, 0.29) is 0 Å². The van der Waals surface area contributed by atoms with Gasteiger partial charge in [0.25, 0.3) is 0 Å². The average molecular weight is 281 g/mol. The highest BCUT2D eigenvalue weighted by atomic mass is 16.5. The Balaban J connectivity index is 2.04. The van der Waals surface area contributed by atoms with Crippen LogP contribution in [0, 0.1) is 20.8 Å². The molecule has 4 heteroatoms. The van der Waals surface area contributed by atoms with Crippen molar-refractivity contribution in [2.75, 3.05) is 12.4 Å². The van der Waals surface area contributed by atoms with Crippen molar-refractivity contribution in [3.05, 3.63) is 47.0 Å². The molecule has 0 bridgehead atoms. The summed E-state index contributed by atoms with van der Waals surface area (Å²) < 4.78 is 5.34. The molecule has 0 aliphatic rings. The molecule has 4 nitrogen and oxygen atoms in total. The molecule has 0 aliphatic carbocycles. The number of hydrogen-bond donors (Lipinski definition) is 2. The first kappa shape index (κ1) is 13.5. The lowest BCUT2D eigenvalue weighted by atomic mass is 10.1. The number of nitrogens with zero attached hydrogens (tertiary/aromatic N) is 1. The SMILES string of the molecule is COc1ccc2[nH]c(Nc3c(C)cccc3C)nc2c1C. The van der Waals surface area contributed by atoms with Gasteiger partial charge in [0.2, 0.25) is 5.95 Å². The number of benzene rings is 2. The zero-order valence-electron chi connectivity index (χ0n) is 12.7. The zero-order chi connectivity index (χ0) is 15.0. The second-order valence-corrected chi connectivity index (χ2v) is 5.27. The summed E-state index contributed by atoms with van der Waals surface area (Å²) in [6.45, 7) is 6.20. The van der Waals surface area contributed by atoms with Crippen molar-refractivity contribution in [1.82, 2.24) is 9.97 Å². The van der Waals surface area contributed by atoms with Crippen LogP contribution in [0.3, 0.4) is 0 Å². The number of hydrogen-bond acceptors (Lipinski definition) is 3. The van der Waals surface area contributed by atoms with E-state index in [9.17, 15) is 0 Å². The molecule has 0 atom stereocenters. The van der Waals surface area contributed by atoms with Crippen LogP contribution in [0.25, 0.3) is 11.0 Å². The second kappa shape index (κ2) is 5.13. The van der Waals surface area contributed by atoms with E-state index in [0.29, 0.717) is 0 Å². The molecule has 21 heavy (non-hydrogen) atoms. The summed E-state index contributed by atoms with van der Waals surface area (Å²) in [6.07, 6.45) is 0.